The van der Waals surface area contributed by atoms with Crippen molar-refractivity contribution in [3.05, 3.63) is 0 Å². The van der Waals surface area contributed by atoms with Gasteiger partial charge in [-0.3, -0.25) is 0 Å². The fourth-order valence-corrected chi connectivity index (χ4v) is 0.516. The molecule has 16 heteroatoms. The minimum absolute atomic E-state index is 0. The molecule has 0 unspecified atom stereocenters. The monoisotopic (exact) mass is 776 g/mol. The summed E-state index contributed by atoms with van der Waals surface area (Å²) in [6.45, 7) is 0. The first kappa shape index (κ1) is 40.7. The summed E-state index contributed by atoms with van der Waals surface area (Å²) in [5, 5.41) is 71.5. The quantitative estimate of drug-likeness (QED) is 0.184. The Kier molecular flexibility index (Phi) is 36.3. The van der Waals surface area contributed by atoms with Crippen LogP contribution >= 0.6 is 0 Å². The van der Waals surface area contributed by atoms with Gasteiger partial charge in [0.1, 0.15) is 24.4 Å². The van der Waals surface area contributed by atoms with E-state index in [2.05, 4.69) is 0 Å². The molecule has 120 valence electrons. The molecule has 0 spiro atoms. The second-order valence-corrected chi connectivity index (χ2v) is 3.06. The molecule has 0 aromatic carbocycles. The summed E-state index contributed by atoms with van der Waals surface area (Å²) < 4.78 is 0. The van der Waals surface area contributed by atoms with Crippen LogP contribution in [0.1, 0.15) is 0 Å². The molecule has 0 amide bonds. The van der Waals surface area contributed by atoms with E-state index in [1.54, 1.807) is 0 Å². The van der Waals surface area contributed by atoms with E-state index in [1.807, 2.05) is 0 Å². The summed E-state index contributed by atoms with van der Waals surface area (Å²) in [4.78, 5) is 38.5. The Hall–Kier alpha value is 2.12. The largest absolute Gasteiger partial charge is 3.00 e. The Morgan fingerprint density at radius 3 is 0.667 bits per heavy atom. The van der Waals surface area contributed by atoms with Crippen molar-refractivity contribution in [1.82, 2.24) is 0 Å². The van der Waals surface area contributed by atoms with E-state index in [4.69, 9.17) is 20.4 Å². The molecule has 4 radical (unpaired) electrons. The van der Waals surface area contributed by atoms with Gasteiger partial charge in [-0.15, -0.1) is 0 Å². The molecule has 0 fully saturated rings. The van der Waals surface area contributed by atoms with Crippen LogP contribution in [0.25, 0.3) is 0 Å². The van der Waals surface area contributed by atoms with Crippen LogP contribution in [-0.2, 0) is 19.2 Å². The first-order valence-electron chi connectivity index (χ1n) is 4.49. The predicted octanol–water partition coefficient (Wildman–Crippen LogP) is -16.3. The summed E-state index contributed by atoms with van der Waals surface area (Å²) in [6, 6.07) is 0. The molecule has 0 aromatic rings. The van der Waals surface area contributed by atoms with Crippen LogP contribution in [0, 0.1) is 0 Å². The van der Waals surface area contributed by atoms with Crippen molar-refractivity contribution < 1.29 is 141 Å². The van der Waals surface area contributed by atoms with Crippen LogP contribution in [0.3, 0.4) is 0 Å². The maximum Gasteiger partial charge on any atom is 3.00 e. The van der Waals surface area contributed by atoms with Gasteiger partial charge in [-0.1, -0.05) is 0 Å². The summed E-state index contributed by atoms with van der Waals surface area (Å²) >= 11 is 0. The number of rotatable bonds is 6. The van der Waals surface area contributed by atoms with Gasteiger partial charge in [0, 0.05) is 0 Å². The number of aliphatic hydroxyl groups excluding tert-OH is 4. The van der Waals surface area contributed by atoms with Gasteiger partial charge in [-0.25, -0.2) is 0 Å². The van der Waals surface area contributed by atoms with Crippen LogP contribution < -0.4 is 101 Å². The molecule has 4 atom stereocenters. The first-order valence-corrected chi connectivity index (χ1v) is 4.49. The number of carbonyl (C=O) groups is 4. The summed E-state index contributed by atoms with van der Waals surface area (Å²) in [7, 11) is 0. The average Bonchev–Trinajstić information content (AvgIpc) is 2.35. The number of carboxylic acid groups (broad SMARTS) is 4. The first-order chi connectivity index (χ1) is 8.93. The fraction of sp³-hybridized carbons (Fsp3) is 0.500. The third-order valence-corrected chi connectivity index (χ3v) is 1.56. The van der Waals surface area contributed by atoms with E-state index in [9.17, 15) is 39.6 Å². The molecule has 0 saturated heterocycles. The van der Waals surface area contributed by atoms with E-state index in [0.29, 0.717) is 0 Å². The minimum Gasteiger partial charge on any atom is -0.547 e. The molecule has 0 aliphatic rings. The van der Waals surface area contributed by atoms with Gasteiger partial charge in [-0.2, -0.15) is 0 Å². The van der Waals surface area contributed by atoms with E-state index in [0.717, 1.165) is 0 Å². The van der Waals surface area contributed by atoms with Crippen LogP contribution in [-0.4, -0.2) is 121 Å². The Labute approximate surface area is 237 Å². The molecule has 0 saturated carbocycles. The van der Waals surface area contributed by atoms with Crippen LogP contribution in [0.2, 0.25) is 0 Å². The predicted molar refractivity (Wildman–Crippen MR) is 55.6 cm³/mol. The topological polar surface area (TPSA) is 241 Å². The van der Waals surface area contributed by atoms with Crippen molar-refractivity contribution in [2.75, 3.05) is 0 Å². The molecular weight excluding hydrogens is 768 g/mol. The van der Waals surface area contributed by atoms with Crippen LogP contribution in [0.15, 0.2) is 0 Å². The summed E-state index contributed by atoms with van der Waals surface area (Å²) in [5.41, 5.74) is 0. The van der Waals surface area contributed by atoms with Crippen LogP contribution in [0.4, 0.5) is 0 Å². The third kappa shape index (κ3) is 18.9. The van der Waals surface area contributed by atoms with Gasteiger partial charge in [0.25, 0.3) is 0 Å². The molecule has 0 aromatic heterocycles. The average molecular weight is 776 g/mol. The number of aliphatic carboxylic acids is 4. The van der Waals surface area contributed by atoms with Crippen molar-refractivity contribution in [1.29, 1.82) is 0 Å². The number of aliphatic hydroxyl groups is 4. The van der Waals surface area contributed by atoms with Gasteiger partial charge in [0.2, 0.25) is 0 Å². The maximum atomic E-state index is 9.63. The van der Waals surface area contributed by atoms with E-state index < -0.39 is 48.3 Å². The zero-order chi connectivity index (χ0) is 16.6. The third-order valence-electron chi connectivity index (χ3n) is 1.56. The van der Waals surface area contributed by atoms with Crippen molar-refractivity contribution in [2.24, 2.45) is 0 Å². The fourth-order valence-electron chi connectivity index (χ4n) is 0.516. The molecule has 4 N–H and O–H groups in total. The Balaban J connectivity index is -0.0000000579. The Bertz CT molecular complexity index is 325. The van der Waals surface area contributed by atoms with Crippen molar-refractivity contribution in [2.45, 2.75) is 24.4 Å². The van der Waals surface area contributed by atoms with Gasteiger partial charge in [0.15, 0.2) is 0 Å². The second kappa shape index (κ2) is 21.4. The van der Waals surface area contributed by atoms with Gasteiger partial charge in [0.05, 0.1) is 23.9 Å². The zero-order valence-electron chi connectivity index (χ0n) is 12.3. The summed E-state index contributed by atoms with van der Waals surface area (Å²) in [5.74, 6) is -8.23. The summed E-state index contributed by atoms with van der Waals surface area (Å²) in [6.07, 6.45) is -9.76. The van der Waals surface area contributed by atoms with E-state index >= 15 is 0 Å². The molecule has 0 aliphatic carbocycles. The van der Waals surface area contributed by atoms with Crippen molar-refractivity contribution in [3.63, 3.8) is 0 Å². The van der Waals surface area contributed by atoms with Crippen LogP contribution in [0.5, 0.6) is 0 Å². The Morgan fingerprint density at radius 1 is 0.542 bits per heavy atom. The standard InChI is InChI=1S/2C4H6O6.2Bi.K.Na/c2*5-1(3(7)8)2(6)4(9)10;;;;/h2*1-2,5-6H,(H,7,8)(H,9,10);;;;/q;;2*+3;2*+1/p-4/t2*1-,2-;;;;/m11..../s1. The smallest absolute Gasteiger partial charge is 0.547 e. The molecule has 0 bridgehead atoms. The minimum atomic E-state index is -2.44. The van der Waals surface area contributed by atoms with Gasteiger partial charge < -0.3 is 60.0 Å². The number of hydrogen-bond donors (Lipinski definition) is 4. The van der Waals surface area contributed by atoms with E-state index in [1.165, 1.54) is 0 Å². The van der Waals surface area contributed by atoms with Crippen molar-refractivity contribution in [3.8, 4) is 0 Å². The van der Waals surface area contributed by atoms with Gasteiger partial charge >= 0.3 is 133 Å². The molecule has 12 nitrogen and oxygen atoms in total. The molecule has 0 aliphatic heterocycles. The molecule has 24 heavy (non-hydrogen) atoms. The second-order valence-electron chi connectivity index (χ2n) is 3.06. The maximum absolute atomic E-state index is 9.63. The zero-order valence-corrected chi connectivity index (χ0v) is 24.3. The number of carboxylic acids is 4. The molecule has 0 rings (SSSR count). The van der Waals surface area contributed by atoms with Gasteiger partial charge in [-0.05, 0) is 0 Å². The number of carbonyl (C=O) groups excluding carboxylic acids is 4. The number of hydrogen-bond acceptors (Lipinski definition) is 12. The van der Waals surface area contributed by atoms with Crippen molar-refractivity contribution >= 4 is 76.3 Å². The molecular formula is C8H8Bi2KNaO12+4. The SMILES string of the molecule is O=C([O-])[C@H](O)[C@@H](O)C(=O)[O-].O=C([O-])[C@H](O)[C@@H](O)C(=O)[O-].[Bi+3].[Bi+3].[K+].[Na+]. The Morgan fingerprint density at radius 2 is 0.625 bits per heavy atom. The normalized spacial score (nSPS) is 13.2. The molecule has 0 heterocycles. The van der Waals surface area contributed by atoms with E-state index in [-0.39, 0.29) is 133 Å².